The van der Waals surface area contributed by atoms with E-state index in [9.17, 15) is 9.59 Å². The summed E-state index contributed by atoms with van der Waals surface area (Å²) in [5, 5.41) is 17.5. The summed E-state index contributed by atoms with van der Waals surface area (Å²) in [4.78, 5) is 21.5. The minimum Gasteiger partial charge on any atom is -0.481 e. The van der Waals surface area contributed by atoms with Gasteiger partial charge in [0.25, 0.3) is 0 Å². The molecule has 0 saturated heterocycles. The minimum atomic E-state index is -1.24. The van der Waals surface area contributed by atoms with Gasteiger partial charge < -0.3 is 10.2 Å². The fourth-order valence-electron chi connectivity index (χ4n) is 2.77. The van der Waals surface area contributed by atoms with E-state index < -0.39 is 17.9 Å². The van der Waals surface area contributed by atoms with Crippen molar-refractivity contribution in [3.63, 3.8) is 0 Å². The fraction of sp³-hybridized carbons (Fsp3) is 0.800. The average molecular weight is 341 g/mol. The van der Waals surface area contributed by atoms with Gasteiger partial charge in [0.2, 0.25) is 0 Å². The standard InChI is InChI=1S/C20H36O4/c1-2-3-4-5-6-7-8-9-10-11-12-13-14-15-16-17-18(19(21)22)20(23)24/h7-8,18H,2-6,9-17H2,1H3,(H,21,22)(H,23,24)/b8-7-. The number of allylic oxidation sites excluding steroid dienone is 2. The second-order valence-corrected chi connectivity index (χ2v) is 6.60. The van der Waals surface area contributed by atoms with E-state index in [1.165, 1.54) is 57.8 Å². The van der Waals surface area contributed by atoms with Crippen molar-refractivity contribution in [1.29, 1.82) is 0 Å². The van der Waals surface area contributed by atoms with Crippen LogP contribution in [-0.4, -0.2) is 22.2 Å². The van der Waals surface area contributed by atoms with Gasteiger partial charge in [0.05, 0.1) is 0 Å². The lowest BCUT2D eigenvalue weighted by Crippen LogP contribution is -2.23. The molecule has 0 aromatic rings. The summed E-state index contributed by atoms with van der Waals surface area (Å²) in [5.41, 5.74) is 0. The molecule has 4 nitrogen and oxygen atoms in total. The molecule has 0 aliphatic rings. The number of hydrogen-bond donors (Lipinski definition) is 2. The molecule has 0 atom stereocenters. The molecule has 0 amide bonds. The molecule has 0 aliphatic carbocycles. The Morgan fingerprint density at radius 1 is 0.708 bits per heavy atom. The van der Waals surface area contributed by atoms with E-state index in [0.29, 0.717) is 6.42 Å². The summed E-state index contributed by atoms with van der Waals surface area (Å²) in [6.45, 7) is 2.23. The summed E-state index contributed by atoms with van der Waals surface area (Å²) in [6, 6.07) is 0. The zero-order chi connectivity index (χ0) is 18.0. The van der Waals surface area contributed by atoms with E-state index in [1.54, 1.807) is 0 Å². The molecule has 0 radical (unpaired) electrons. The second-order valence-electron chi connectivity index (χ2n) is 6.60. The van der Waals surface area contributed by atoms with Crippen LogP contribution in [0, 0.1) is 5.92 Å². The lowest BCUT2D eigenvalue weighted by molar-refractivity contribution is -0.154. The zero-order valence-electron chi connectivity index (χ0n) is 15.3. The van der Waals surface area contributed by atoms with Gasteiger partial charge >= 0.3 is 11.9 Å². The first-order valence-corrected chi connectivity index (χ1v) is 9.70. The van der Waals surface area contributed by atoms with Crippen LogP contribution in [-0.2, 0) is 9.59 Å². The maximum atomic E-state index is 10.7. The van der Waals surface area contributed by atoms with Gasteiger partial charge in [-0.1, -0.05) is 76.9 Å². The maximum absolute atomic E-state index is 10.7. The van der Waals surface area contributed by atoms with Crippen LogP contribution in [0.3, 0.4) is 0 Å². The molecule has 0 aliphatic heterocycles. The highest BCUT2D eigenvalue weighted by molar-refractivity contribution is 5.92. The SMILES string of the molecule is CCCCCC/C=C\CCCCCCCCCC(C(=O)O)C(=O)O. The Kier molecular flexibility index (Phi) is 15.6. The zero-order valence-corrected chi connectivity index (χ0v) is 15.3. The van der Waals surface area contributed by atoms with Crippen molar-refractivity contribution in [2.24, 2.45) is 5.92 Å². The van der Waals surface area contributed by atoms with Crippen molar-refractivity contribution >= 4 is 11.9 Å². The Balaban J connectivity index is 3.32. The predicted molar refractivity (Wildman–Crippen MR) is 98.2 cm³/mol. The number of aliphatic carboxylic acids is 2. The summed E-state index contributed by atoms with van der Waals surface area (Å²) in [5.74, 6) is -3.68. The molecule has 0 aromatic carbocycles. The smallest absolute Gasteiger partial charge is 0.317 e. The third-order valence-corrected chi connectivity index (χ3v) is 4.35. The van der Waals surface area contributed by atoms with Crippen LogP contribution in [0.4, 0.5) is 0 Å². The van der Waals surface area contributed by atoms with Crippen molar-refractivity contribution in [3.8, 4) is 0 Å². The summed E-state index contributed by atoms with van der Waals surface area (Å²) >= 11 is 0. The van der Waals surface area contributed by atoms with Crippen LogP contribution in [0.25, 0.3) is 0 Å². The Morgan fingerprint density at radius 3 is 1.58 bits per heavy atom. The van der Waals surface area contributed by atoms with E-state index in [1.807, 2.05) is 0 Å². The molecule has 0 fully saturated rings. The van der Waals surface area contributed by atoms with Gasteiger partial charge in [-0.25, -0.2) is 0 Å². The molecule has 0 unspecified atom stereocenters. The van der Waals surface area contributed by atoms with Crippen molar-refractivity contribution in [2.75, 3.05) is 0 Å². The quantitative estimate of drug-likeness (QED) is 0.199. The van der Waals surface area contributed by atoms with Crippen LogP contribution in [0.2, 0.25) is 0 Å². The first-order valence-electron chi connectivity index (χ1n) is 9.70. The Bertz CT molecular complexity index is 336. The van der Waals surface area contributed by atoms with Gasteiger partial charge in [-0.3, -0.25) is 9.59 Å². The molecule has 0 aromatic heterocycles. The van der Waals surface area contributed by atoms with Crippen molar-refractivity contribution in [1.82, 2.24) is 0 Å². The van der Waals surface area contributed by atoms with Gasteiger partial charge in [0, 0.05) is 0 Å². The van der Waals surface area contributed by atoms with Crippen LogP contribution in [0.5, 0.6) is 0 Å². The van der Waals surface area contributed by atoms with E-state index in [-0.39, 0.29) is 6.42 Å². The second kappa shape index (κ2) is 16.5. The van der Waals surface area contributed by atoms with Gasteiger partial charge in [-0.05, 0) is 32.1 Å². The van der Waals surface area contributed by atoms with Crippen LogP contribution in [0.1, 0.15) is 96.8 Å². The number of carbonyl (C=O) groups is 2. The average Bonchev–Trinajstić information content (AvgIpc) is 2.53. The number of rotatable bonds is 17. The molecule has 2 N–H and O–H groups in total. The van der Waals surface area contributed by atoms with E-state index in [2.05, 4.69) is 19.1 Å². The number of unbranched alkanes of at least 4 members (excludes halogenated alkanes) is 11. The molecule has 0 rings (SSSR count). The molecule has 0 spiro atoms. The normalized spacial score (nSPS) is 11.4. The van der Waals surface area contributed by atoms with Crippen molar-refractivity contribution in [2.45, 2.75) is 96.8 Å². The Hall–Kier alpha value is -1.32. The predicted octanol–water partition coefficient (Wildman–Crippen LogP) is 5.81. The summed E-state index contributed by atoms with van der Waals surface area (Å²) in [7, 11) is 0. The highest BCUT2D eigenvalue weighted by atomic mass is 16.4. The van der Waals surface area contributed by atoms with Gasteiger partial charge in [0.1, 0.15) is 0 Å². The maximum Gasteiger partial charge on any atom is 0.317 e. The third kappa shape index (κ3) is 14.3. The molecule has 0 saturated carbocycles. The van der Waals surface area contributed by atoms with Crippen LogP contribution < -0.4 is 0 Å². The number of carboxylic acids is 2. The highest BCUT2D eigenvalue weighted by Gasteiger charge is 2.24. The Labute approximate surface area is 147 Å². The van der Waals surface area contributed by atoms with E-state index in [0.717, 1.165) is 19.3 Å². The first kappa shape index (κ1) is 22.7. The third-order valence-electron chi connectivity index (χ3n) is 4.35. The lowest BCUT2D eigenvalue weighted by Gasteiger charge is -2.06. The first-order chi connectivity index (χ1) is 11.6. The lowest BCUT2D eigenvalue weighted by atomic mass is 10.00. The molecule has 24 heavy (non-hydrogen) atoms. The summed E-state index contributed by atoms with van der Waals surface area (Å²) < 4.78 is 0. The molecule has 0 heterocycles. The van der Waals surface area contributed by atoms with Gasteiger partial charge in [-0.15, -0.1) is 0 Å². The largest absolute Gasteiger partial charge is 0.481 e. The molecule has 0 bridgehead atoms. The fourth-order valence-corrected chi connectivity index (χ4v) is 2.77. The van der Waals surface area contributed by atoms with Crippen molar-refractivity contribution in [3.05, 3.63) is 12.2 Å². The van der Waals surface area contributed by atoms with Gasteiger partial charge in [-0.2, -0.15) is 0 Å². The van der Waals surface area contributed by atoms with Crippen LogP contribution in [0.15, 0.2) is 12.2 Å². The van der Waals surface area contributed by atoms with E-state index >= 15 is 0 Å². The summed E-state index contributed by atoms with van der Waals surface area (Å²) in [6.07, 6.45) is 20.1. The van der Waals surface area contributed by atoms with Crippen molar-refractivity contribution < 1.29 is 19.8 Å². The topological polar surface area (TPSA) is 74.6 Å². The van der Waals surface area contributed by atoms with E-state index in [4.69, 9.17) is 10.2 Å². The molecular weight excluding hydrogens is 304 g/mol. The minimum absolute atomic E-state index is 0.244. The van der Waals surface area contributed by atoms with Gasteiger partial charge in [0.15, 0.2) is 5.92 Å². The Morgan fingerprint density at radius 2 is 1.12 bits per heavy atom. The molecule has 4 heteroatoms. The highest BCUT2D eigenvalue weighted by Crippen LogP contribution is 2.14. The number of carboxylic acid groups (broad SMARTS) is 2. The monoisotopic (exact) mass is 340 g/mol. The molecule has 140 valence electrons. The number of hydrogen-bond acceptors (Lipinski definition) is 2. The molecular formula is C20H36O4. The van der Waals surface area contributed by atoms with Crippen LogP contribution >= 0.6 is 0 Å².